The van der Waals surface area contributed by atoms with E-state index in [4.69, 9.17) is 4.74 Å². The summed E-state index contributed by atoms with van der Waals surface area (Å²) in [6.45, 7) is 3.37. The maximum atomic E-state index is 13.6. The normalized spacial score (nSPS) is 21.6. The Labute approximate surface area is 164 Å². The molecule has 4 heterocycles. The molecule has 0 unspecified atom stereocenters. The Balaban J connectivity index is 1.82. The first-order chi connectivity index (χ1) is 14.0. The summed E-state index contributed by atoms with van der Waals surface area (Å²) in [5, 5.41) is 5.62. The molecule has 0 radical (unpaired) electrons. The number of rotatable bonds is 4. The van der Waals surface area contributed by atoms with Crippen molar-refractivity contribution in [2.24, 2.45) is 0 Å². The van der Waals surface area contributed by atoms with E-state index in [0.29, 0.717) is 24.5 Å². The van der Waals surface area contributed by atoms with Crippen molar-refractivity contribution in [1.82, 2.24) is 20.3 Å². The van der Waals surface area contributed by atoms with E-state index in [1.165, 1.54) is 6.07 Å². The van der Waals surface area contributed by atoms with Crippen LogP contribution in [0, 0.1) is 0 Å². The standard InChI is InChI=1S/C18H19F3N6O2/c1-9-7-27(3-2-22-9)12-5-10(6-19)4-11(25-12)14-13-15(16(20)21)29-18(28)26-17(13)24-8-23-14/h4-5,8-9,15-16,22H,2-3,6-7H2,1H3,(H,23,24,26,28)/t9-,15+/m0/s1. The van der Waals surface area contributed by atoms with E-state index >= 15 is 0 Å². The first-order valence-corrected chi connectivity index (χ1v) is 9.12. The summed E-state index contributed by atoms with van der Waals surface area (Å²) in [5.74, 6) is 0.464. The zero-order valence-electron chi connectivity index (χ0n) is 15.5. The topological polar surface area (TPSA) is 92.3 Å². The molecule has 1 fully saturated rings. The van der Waals surface area contributed by atoms with Gasteiger partial charge in [-0.2, -0.15) is 0 Å². The fourth-order valence-corrected chi connectivity index (χ4v) is 3.52. The number of aromatic nitrogens is 3. The number of amides is 1. The number of hydrogen-bond donors (Lipinski definition) is 2. The minimum atomic E-state index is -2.98. The summed E-state index contributed by atoms with van der Waals surface area (Å²) in [4.78, 5) is 26.1. The highest BCUT2D eigenvalue weighted by Gasteiger charge is 2.37. The molecule has 0 bridgehead atoms. The van der Waals surface area contributed by atoms with Crippen LogP contribution in [0.4, 0.5) is 29.6 Å². The lowest BCUT2D eigenvalue weighted by molar-refractivity contribution is -0.0170. The van der Waals surface area contributed by atoms with Crippen LogP contribution in [0.5, 0.6) is 0 Å². The van der Waals surface area contributed by atoms with Crippen LogP contribution < -0.4 is 15.5 Å². The summed E-state index contributed by atoms with van der Waals surface area (Å²) >= 11 is 0. The largest absolute Gasteiger partial charge is 0.435 e. The van der Waals surface area contributed by atoms with Gasteiger partial charge in [-0.05, 0) is 24.6 Å². The monoisotopic (exact) mass is 408 g/mol. The molecule has 0 saturated carbocycles. The summed E-state index contributed by atoms with van der Waals surface area (Å²) < 4.78 is 45.4. The van der Waals surface area contributed by atoms with Crippen LogP contribution in [-0.2, 0) is 11.4 Å². The molecule has 0 spiro atoms. The number of pyridine rings is 1. The van der Waals surface area contributed by atoms with Gasteiger partial charge in [-0.1, -0.05) is 0 Å². The lowest BCUT2D eigenvalue weighted by atomic mass is 10.0. The van der Waals surface area contributed by atoms with E-state index in [0.717, 1.165) is 12.9 Å². The van der Waals surface area contributed by atoms with E-state index in [-0.39, 0.29) is 28.8 Å². The number of nitrogens with zero attached hydrogens (tertiary/aromatic N) is 4. The predicted octanol–water partition coefficient (Wildman–Crippen LogP) is 2.67. The second kappa shape index (κ2) is 7.82. The Bertz CT molecular complexity index is 928. The summed E-state index contributed by atoms with van der Waals surface area (Å²) in [7, 11) is 0. The highest BCUT2D eigenvalue weighted by molar-refractivity contribution is 5.88. The van der Waals surface area contributed by atoms with Gasteiger partial charge in [0.05, 0.1) is 11.3 Å². The molecule has 2 aromatic heterocycles. The van der Waals surface area contributed by atoms with Crippen LogP contribution in [0.25, 0.3) is 11.4 Å². The molecule has 2 atom stereocenters. The molecule has 1 saturated heterocycles. The summed E-state index contributed by atoms with van der Waals surface area (Å²) in [6.07, 6.45) is -4.71. The minimum absolute atomic E-state index is 0.0682. The van der Waals surface area contributed by atoms with E-state index < -0.39 is 25.3 Å². The average Bonchev–Trinajstić information content (AvgIpc) is 2.72. The molecule has 29 heavy (non-hydrogen) atoms. The highest BCUT2D eigenvalue weighted by atomic mass is 19.3. The zero-order chi connectivity index (χ0) is 20.5. The molecular formula is C18H19F3N6O2. The van der Waals surface area contributed by atoms with Crippen LogP contribution in [0.2, 0.25) is 0 Å². The van der Waals surface area contributed by atoms with Crippen LogP contribution in [0.3, 0.4) is 0 Å². The first kappa shape index (κ1) is 19.4. The van der Waals surface area contributed by atoms with Crippen LogP contribution >= 0.6 is 0 Å². The van der Waals surface area contributed by atoms with Crippen molar-refractivity contribution in [3.8, 4) is 11.4 Å². The van der Waals surface area contributed by atoms with Gasteiger partial charge in [0.25, 0.3) is 6.43 Å². The number of alkyl halides is 3. The van der Waals surface area contributed by atoms with Gasteiger partial charge in [-0.25, -0.2) is 32.9 Å². The van der Waals surface area contributed by atoms with Gasteiger partial charge in [0.1, 0.15) is 30.3 Å². The van der Waals surface area contributed by atoms with Gasteiger partial charge in [0.15, 0.2) is 6.10 Å². The Kier molecular flexibility index (Phi) is 5.22. The third-order valence-electron chi connectivity index (χ3n) is 4.81. The van der Waals surface area contributed by atoms with Crippen LogP contribution in [-0.4, -0.2) is 53.1 Å². The molecule has 2 N–H and O–H groups in total. The number of nitrogens with one attached hydrogen (secondary N) is 2. The number of anilines is 2. The number of hydrogen-bond acceptors (Lipinski definition) is 7. The molecule has 2 aromatic rings. The summed E-state index contributed by atoms with van der Waals surface area (Å²) in [6, 6.07) is 3.32. The number of ether oxygens (including phenoxy) is 1. The van der Waals surface area contributed by atoms with Gasteiger partial charge < -0.3 is 15.0 Å². The van der Waals surface area contributed by atoms with Crippen molar-refractivity contribution >= 4 is 17.7 Å². The Morgan fingerprint density at radius 2 is 2.17 bits per heavy atom. The highest BCUT2D eigenvalue weighted by Crippen LogP contribution is 2.39. The van der Waals surface area contributed by atoms with E-state index in [1.54, 1.807) is 6.07 Å². The molecule has 2 aliphatic rings. The van der Waals surface area contributed by atoms with Crippen molar-refractivity contribution in [3.63, 3.8) is 0 Å². The third-order valence-corrected chi connectivity index (χ3v) is 4.81. The second-order valence-corrected chi connectivity index (χ2v) is 6.92. The third kappa shape index (κ3) is 3.82. The lowest BCUT2D eigenvalue weighted by Gasteiger charge is -2.33. The molecule has 154 valence electrons. The smallest absolute Gasteiger partial charge is 0.413 e. The van der Waals surface area contributed by atoms with Crippen LogP contribution in [0.15, 0.2) is 18.5 Å². The van der Waals surface area contributed by atoms with Crippen molar-refractivity contribution in [3.05, 3.63) is 29.6 Å². The molecule has 2 aliphatic heterocycles. The zero-order valence-corrected chi connectivity index (χ0v) is 15.5. The molecule has 11 heteroatoms. The SMILES string of the molecule is C[C@H]1CN(c2cc(CF)cc(-c3ncnc4c3[C@H](C(F)F)OC(=O)N4)n2)CCN1. The molecule has 4 rings (SSSR count). The van der Waals surface area contributed by atoms with E-state index in [9.17, 15) is 18.0 Å². The fraction of sp³-hybridized carbons (Fsp3) is 0.444. The Hall–Kier alpha value is -2.95. The second-order valence-electron chi connectivity index (χ2n) is 6.92. The first-order valence-electron chi connectivity index (χ1n) is 9.12. The maximum Gasteiger partial charge on any atom is 0.413 e. The van der Waals surface area contributed by atoms with Crippen molar-refractivity contribution in [2.45, 2.75) is 32.2 Å². The van der Waals surface area contributed by atoms with Crippen LogP contribution in [0.1, 0.15) is 24.2 Å². The maximum absolute atomic E-state index is 13.6. The van der Waals surface area contributed by atoms with E-state index in [1.807, 2.05) is 11.8 Å². The number of piperazine rings is 1. The quantitative estimate of drug-likeness (QED) is 0.804. The number of carbonyl (C=O) groups is 1. The molecule has 0 aliphatic carbocycles. The predicted molar refractivity (Wildman–Crippen MR) is 98.6 cm³/mol. The molecule has 1 amide bonds. The van der Waals surface area contributed by atoms with Gasteiger partial charge in [-0.15, -0.1) is 0 Å². The Morgan fingerprint density at radius 1 is 1.34 bits per heavy atom. The number of carbonyl (C=O) groups excluding carboxylic acids is 1. The van der Waals surface area contributed by atoms with E-state index in [2.05, 4.69) is 25.6 Å². The number of fused-ring (bicyclic) bond motifs is 1. The number of cyclic esters (lactones) is 1. The fourth-order valence-electron chi connectivity index (χ4n) is 3.52. The molecular weight excluding hydrogens is 389 g/mol. The minimum Gasteiger partial charge on any atom is -0.435 e. The van der Waals surface area contributed by atoms with Gasteiger partial charge in [0, 0.05) is 25.7 Å². The van der Waals surface area contributed by atoms with Crippen molar-refractivity contribution < 1.29 is 22.7 Å². The lowest BCUT2D eigenvalue weighted by Crippen LogP contribution is -2.49. The van der Waals surface area contributed by atoms with Crippen molar-refractivity contribution in [1.29, 1.82) is 0 Å². The molecule has 0 aromatic carbocycles. The summed E-state index contributed by atoms with van der Waals surface area (Å²) in [5.41, 5.74) is 0.550. The molecule has 8 nitrogen and oxygen atoms in total. The van der Waals surface area contributed by atoms with Gasteiger partial charge >= 0.3 is 6.09 Å². The van der Waals surface area contributed by atoms with Gasteiger partial charge in [-0.3, -0.25) is 5.32 Å². The Morgan fingerprint density at radius 3 is 2.90 bits per heavy atom. The average molecular weight is 408 g/mol. The number of halogens is 3. The van der Waals surface area contributed by atoms with Crippen molar-refractivity contribution in [2.75, 3.05) is 29.9 Å². The van der Waals surface area contributed by atoms with Gasteiger partial charge in [0.2, 0.25) is 0 Å².